The summed E-state index contributed by atoms with van der Waals surface area (Å²) >= 11 is 0. The number of benzene rings is 1. The summed E-state index contributed by atoms with van der Waals surface area (Å²) in [6.45, 7) is 1.30. The highest BCUT2D eigenvalue weighted by atomic mass is 19.1. The summed E-state index contributed by atoms with van der Waals surface area (Å²) in [5.74, 6) is -1.41. The number of aldehydes is 1. The molecule has 2 aliphatic heterocycles. The second-order valence-electron chi connectivity index (χ2n) is 6.18. The standard InChI is InChI=1S/C17H19FN2O3/c18-14-9-12(13-2-4-16(22)19-17(13)23)1-3-15(14)20-7-5-11(10-21)6-8-20/h1,3,9-11,13H,2,4-8H2,(H,19,22,23)/t13-/m1/s1. The van der Waals surface area contributed by atoms with Gasteiger partial charge in [0.05, 0.1) is 11.6 Å². The van der Waals surface area contributed by atoms with Gasteiger partial charge >= 0.3 is 0 Å². The van der Waals surface area contributed by atoms with Crippen molar-refractivity contribution in [2.75, 3.05) is 18.0 Å². The number of hydrogen-bond donors (Lipinski definition) is 1. The van der Waals surface area contributed by atoms with E-state index in [9.17, 15) is 18.8 Å². The molecule has 2 heterocycles. The molecule has 2 fully saturated rings. The third-order valence-corrected chi connectivity index (χ3v) is 4.69. The van der Waals surface area contributed by atoms with Crippen LogP contribution in [0.4, 0.5) is 10.1 Å². The number of hydrogen-bond acceptors (Lipinski definition) is 4. The highest BCUT2D eigenvalue weighted by Gasteiger charge is 2.29. The fraction of sp³-hybridized carbons (Fsp3) is 0.471. The Morgan fingerprint density at radius 2 is 1.91 bits per heavy atom. The lowest BCUT2D eigenvalue weighted by atomic mass is 9.90. The topological polar surface area (TPSA) is 66.5 Å². The quantitative estimate of drug-likeness (QED) is 0.681. The Bertz CT molecular complexity index is 639. The maximum atomic E-state index is 14.5. The molecule has 0 spiro atoms. The predicted molar refractivity (Wildman–Crippen MR) is 82.5 cm³/mol. The first-order valence-corrected chi connectivity index (χ1v) is 7.92. The van der Waals surface area contributed by atoms with Gasteiger partial charge < -0.3 is 9.69 Å². The van der Waals surface area contributed by atoms with Crippen LogP contribution >= 0.6 is 0 Å². The van der Waals surface area contributed by atoms with Gasteiger partial charge in [0.1, 0.15) is 12.1 Å². The van der Waals surface area contributed by atoms with Gasteiger partial charge in [0.2, 0.25) is 11.8 Å². The van der Waals surface area contributed by atoms with E-state index < -0.39 is 5.92 Å². The summed E-state index contributed by atoms with van der Waals surface area (Å²) < 4.78 is 14.5. The van der Waals surface area contributed by atoms with Crippen molar-refractivity contribution < 1.29 is 18.8 Å². The van der Waals surface area contributed by atoms with Gasteiger partial charge in [-0.15, -0.1) is 0 Å². The first-order chi connectivity index (χ1) is 11.1. The van der Waals surface area contributed by atoms with E-state index in [1.54, 1.807) is 12.1 Å². The van der Waals surface area contributed by atoms with Crippen molar-refractivity contribution in [1.29, 1.82) is 0 Å². The highest BCUT2D eigenvalue weighted by Crippen LogP contribution is 2.30. The number of imide groups is 1. The average Bonchev–Trinajstić information content (AvgIpc) is 2.55. The third kappa shape index (κ3) is 3.25. The van der Waals surface area contributed by atoms with Crippen LogP contribution in [-0.2, 0) is 14.4 Å². The van der Waals surface area contributed by atoms with Crippen LogP contribution in [0, 0.1) is 11.7 Å². The molecule has 5 nitrogen and oxygen atoms in total. The van der Waals surface area contributed by atoms with Crippen molar-refractivity contribution in [3.8, 4) is 0 Å². The Labute approximate surface area is 133 Å². The summed E-state index contributed by atoms with van der Waals surface area (Å²) in [5.41, 5.74) is 1.10. The summed E-state index contributed by atoms with van der Waals surface area (Å²) in [5, 5.41) is 2.29. The maximum Gasteiger partial charge on any atom is 0.234 e. The number of carbonyl (C=O) groups excluding carboxylic acids is 3. The molecule has 122 valence electrons. The molecule has 1 N–H and O–H groups in total. The van der Waals surface area contributed by atoms with E-state index in [1.807, 2.05) is 4.90 Å². The van der Waals surface area contributed by atoms with E-state index in [-0.39, 0.29) is 30.0 Å². The highest BCUT2D eigenvalue weighted by molar-refractivity contribution is 6.00. The lowest BCUT2D eigenvalue weighted by Crippen LogP contribution is -2.39. The van der Waals surface area contributed by atoms with Crippen molar-refractivity contribution in [1.82, 2.24) is 5.32 Å². The Kier molecular flexibility index (Phi) is 4.41. The van der Waals surface area contributed by atoms with Gasteiger partial charge in [-0.3, -0.25) is 14.9 Å². The smallest absolute Gasteiger partial charge is 0.234 e. The van der Waals surface area contributed by atoms with E-state index in [2.05, 4.69) is 5.32 Å². The Balaban J connectivity index is 1.75. The van der Waals surface area contributed by atoms with Gasteiger partial charge in [-0.25, -0.2) is 4.39 Å². The first-order valence-electron chi connectivity index (χ1n) is 7.92. The van der Waals surface area contributed by atoms with E-state index in [4.69, 9.17) is 0 Å². The second-order valence-corrected chi connectivity index (χ2v) is 6.18. The van der Waals surface area contributed by atoms with Crippen LogP contribution in [0.15, 0.2) is 18.2 Å². The van der Waals surface area contributed by atoms with E-state index in [1.165, 1.54) is 6.07 Å². The van der Waals surface area contributed by atoms with Gasteiger partial charge in [-0.05, 0) is 37.0 Å². The fourth-order valence-corrected chi connectivity index (χ4v) is 3.28. The normalized spacial score (nSPS) is 22.8. The van der Waals surface area contributed by atoms with E-state index in [0.717, 1.165) is 19.1 Å². The largest absolute Gasteiger partial charge is 0.369 e. The predicted octanol–water partition coefficient (Wildman–Crippen LogP) is 1.76. The molecule has 0 aliphatic carbocycles. The van der Waals surface area contributed by atoms with Gasteiger partial charge in [0.15, 0.2) is 0 Å². The number of nitrogens with one attached hydrogen (secondary N) is 1. The lowest BCUT2D eigenvalue weighted by Gasteiger charge is -2.32. The molecule has 2 aliphatic rings. The molecule has 1 aromatic carbocycles. The summed E-state index contributed by atoms with van der Waals surface area (Å²) in [6, 6.07) is 4.83. The number of amides is 2. The number of carbonyl (C=O) groups is 3. The zero-order chi connectivity index (χ0) is 16.4. The molecule has 0 bridgehead atoms. The van der Waals surface area contributed by atoms with Crippen LogP contribution in [0.2, 0.25) is 0 Å². The number of nitrogens with zero attached hydrogens (tertiary/aromatic N) is 1. The monoisotopic (exact) mass is 318 g/mol. The zero-order valence-electron chi connectivity index (χ0n) is 12.8. The Morgan fingerprint density at radius 1 is 1.17 bits per heavy atom. The van der Waals surface area contributed by atoms with Crippen LogP contribution in [0.5, 0.6) is 0 Å². The van der Waals surface area contributed by atoms with Gasteiger partial charge in [0.25, 0.3) is 0 Å². The molecule has 1 atom stereocenters. The molecule has 1 aromatic rings. The first kappa shape index (κ1) is 15.6. The minimum atomic E-state index is -0.475. The second kappa shape index (κ2) is 6.48. The molecule has 0 saturated carbocycles. The fourth-order valence-electron chi connectivity index (χ4n) is 3.28. The van der Waals surface area contributed by atoms with Crippen molar-refractivity contribution in [2.45, 2.75) is 31.6 Å². The number of halogens is 1. The summed E-state index contributed by atoms with van der Waals surface area (Å²) in [4.78, 5) is 35.8. The third-order valence-electron chi connectivity index (χ3n) is 4.69. The van der Waals surface area contributed by atoms with Crippen molar-refractivity contribution in [3.05, 3.63) is 29.6 Å². The lowest BCUT2D eigenvalue weighted by molar-refractivity contribution is -0.134. The molecule has 0 radical (unpaired) electrons. The minimum absolute atomic E-state index is 0.0667. The Morgan fingerprint density at radius 3 is 2.52 bits per heavy atom. The van der Waals surface area contributed by atoms with Crippen LogP contribution in [-0.4, -0.2) is 31.2 Å². The summed E-state index contributed by atoms with van der Waals surface area (Å²) in [7, 11) is 0. The van der Waals surface area contributed by atoms with E-state index in [0.29, 0.717) is 30.8 Å². The molecule has 0 aromatic heterocycles. The van der Waals surface area contributed by atoms with Crippen molar-refractivity contribution in [2.24, 2.45) is 5.92 Å². The van der Waals surface area contributed by atoms with E-state index >= 15 is 0 Å². The number of anilines is 1. The van der Waals surface area contributed by atoms with Crippen LogP contribution < -0.4 is 10.2 Å². The number of piperidine rings is 2. The molecule has 2 amide bonds. The van der Waals surface area contributed by atoms with Crippen molar-refractivity contribution in [3.63, 3.8) is 0 Å². The maximum absolute atomic E-state index is 14.5. The molecule has 6 heteroatoms. The van der Waals surface area contributed by atoms with Gasteiger partial charge in [0, 0.05) is 25.4 Å². The molecular weight excluding hydrogens is 299 g/mol. The average molecular weight is 318 g/mol. The number of rotatable bonds is 3. The SMILES string of the molecule is O=CC1CCN(c2ccc([C@H]3CCC(=O)NC3=O)cc2F)CC1. The minimum Gasteiger partial charge on any atom is -0.369 e. The summed E-state index contributed by atoms with van der Waals surface area (Å²) in [6.07, 6.45) is 3.13. The van der Waals surface area contributed by atoms with Crippen molar-refractivity contribution >= 4 is 23.8 Å². The zero-order valence-corrected chi connectivity index (χ0v) is 12.8. The van der Waals surface area contributed by atoms with Gasteiger partial charge in [-0.2, -0.15) is 0 Å². The Hall–Kier alpha value is -2.24. The molecule has 2 saturated heterocycles. The molecule has 0 unspecified atom stereocenters. The van der Waals surface area contributed by atoms with Crippen LogP contribution in [0.25, 0.3) is 0 Å². The molecule has 3 rings (SSSR count). The molecular formula is C17H19FN2O3. The van der Waals surface area contributed by atoms with Crippen LogP contribution in [0.3, 0.4) is 0 Å². The molecule has 23 heavy (non-hydrogen) atoms. The van der Waals surface area contributed by atoms with Gasteiger partial charge in [-0.1, -0.05) is 6.07 Å². The van der Waals surface area contributed by atoms with Crippen LogP contribution in [0.1, 0.15) is 37.2 Å².